The van der Waals surface area contributed by atoms with Gasteiger partial charge in [0.1, 0.15) is 0 Å². The molecule has 0 nitrogen and oxygen atoms in total. The summed E-state index contributed by atoms with van der Waals surface area (Å²) < 4.78 is 0. The molecule has 0 aromatic carbocycles. The number of hydrogen-bond donors (Lipinski definition) is 0. The molecule has 1 rings (SSSR count). The van der Waals surface area contributed by atoms with Gasteiger partial charge >= 0.3 is 0 Å². The van der Waals surface area contributed by atoms with E-state index < -0.39 is 0 Å². The highest BCUT2D eigenvalue weighted by Gasteiger charge is 2.51. The third-order valence-corrected chi connectivity index (χ3v) is 4.87. The highest BCUT2D eigenvalue weighted by atomic mass is 14.6. The minimum atomic E-state index is 0.430. The topological polar surface area (TPSA) is 0 Å². The first kappa shape index (κ1) is 13.1. The second-order valence-corrected chi connectivity index (χ2v) is 7.78. The molecular formula is C15H30. The van der Waals surface area contributed by atoms with Crippen LogP contribution >= 0.6 is 0 Å². The molecule has 0 bridgehead atoms. The molecule has 0 radical (unpaired) electrons. The van der Waals surface area contributed by atoms with E-state index in [-0.39, 0.29) is 0 Å². The van der Waals surface area contributed by atoms with E-state index in [2.05, 4.69) is 48.5 Å². The van der Waals surface area contributed by atoms with Gasteiger partial charge in [0, 0.05) is 0 Å². The van der Waals surface area contributed by atoms with Crippen molar-refractivity contribution in [1.29, 1.82) is 0 Å². The molecule has 0 spiro atoms. The van der Waals surface area contributed by atoms with Crippen LogP contribution in [0.2, 0.25) is 0 Å². The van der Waals surface area contributed by atoms with E-state index in [0.717, 1.165) is 5.92 Å². The standard InChI is InChI=1S/C15H30/c1-12-9-8-10-15(11-12,13(2,3)4)14(5,6)7/h12H,8-11H2,1-7H3. The molecule has 1 aliphatic rings. The molecule has 0 aromatic heterocycles. The average Bonchev–Trinajstić information content (AvgIpc) is 1.99. The van der Waals surface area contributed by atoms with Gasteiger partial charge in [-0.3, -0.25) is 0 Å². The Bertz CT molecular complexity index is 197. The smallest absolute Gasteiger partial charge is 0.0198 e. The average molecular weight is 210 g/mol. The second-order valence-electron chi connectivity index (χ2n) is 7.78. The number of rotatable bonds is 0. The van der Waals surface area contributed by atoms with Crippen LogP contribution in [-0.4, -0.2) is 0 Å². The Morgan fingerprint density at radius 2 is 1.40 bits per heavy atom. The van der Waals surface area contributed by atoms with Crippen molar-refractivity contribution < 1.29 is 0 Å². The van der Waals surface area contributed by atoms with Crippen molar-refractivity contribution in [2.75, 3.05) is 0 Å². The fourth-order valence-electron chi connectivity index (χ4n) is 4.04. The molecule has 0 saturated heterocycles. The molecule has 0 aliphatic heterocycles. The zero-order valence-corrected chi connectivity index (χ0v) is 11.9. The van der Waals surface area contributed by atoms with Crippen LogP contribution in [0.5, 0.6) is 0 Å². The van der Waals surface area contributed by atoms with Gasteiger partial charge in [-0.15, -0.1) is 0 Å². The summed E-state index contributed by atoms with van der Waals surface area (Å²) in [4.78, 5) is 0. The Morgan fingerprint density at radius 3 is 1.67 bits per heavy atom. The van der Waals surface area contributed by atoms with Crippen molar-refractivity contribution in [2.24, 2.45) is 22.2 Å². The first-order chi connectivity index (χ1) is 6.60. The molecule has 1 saturated carbocycles. The molecule has 1 atom stereocenters. The molecule has 1 unspecified atom stereocenters. The van der Waals surface area contributed by atoms with Crippen molar-refractivity contribution >= 4 is 0 Å². The van der Waals surface area contributed by atoms with Crippen LogP contribution in [0.15, 0.2) is 0 Å². The molecular weight excluding hydrogens is 180 g/mol. The van der Waals surface area contributed by atoms with Crippen molar-refractivity contribution in [2.45, 2.75) is 74.1 Å². The minimum Gasteiger partial charge on any atom is -0.0625 e. The lowest BCUT2D eigenvalue weighted by Crippen LogP contribution is -2.49. The first-order valence-electron chi connectivity index (χ1n) is 6.60. The minimum absolute atomic E-state index is 0.430. The Labute approximate surface area is 96.8 Å². The summed E-state index contributed by atoms with van der Waals surface area (Å²) in [6.07, 6.45) is 5.70. The van der Waals surface area contributed by atoms with Crippen LogP contribution in [0, 0.1) is 22.2 Å². The fourth-order valence-corrected chi connectivity index (χ4v) is 4.04. The van der Waals surface area contributed by atoms with Gasteiger partial charge in [-0.1, -0.05) is 61.3 Å². The van der Waals surface area contributed by atoms with Crippen LogP contribution in [0.25, 0.3) is 0 Å². The summed E-state index contributed by atoms with van der Waals surface area (Å²) >= 11 is 0. The van der Waals surface area contributed by atoms with Crippen LogP contribution in [-0.2, 0) is 0 Å². The van der Waals surface area contributed by atoms with Gasteiger partial charge in [0.15, 0.2) is 0 Å². The third-order valence-electron chi connectivity index (χ3n) is 4.87. The summed E-state index contributed by atoms with van der Waals surface area (Å²) in [6.45, 7) is 17.1. The van der Waals surface area contributed by atoms with Gasteiger partial charge in [0.05, 0.1) is 0 Å². The van der Waals surface area contributed by atoms with E-state index in [1.807, 2.05) is 0 Å². The largest absolute Gasteiger partial charge is 0.0625 e. The lowest BCUT2D eigenvalue weighted by molar-refractivity contribution is -0.0778. The monoisotopic (exact) mass is 210 g/mol. The molecule has 0 amide bonds. The van der Waals surface area contributed by atoms with E-state index in [9.17, 15) is 0 Å². The zero-order valence-electron chi connectivity index (χ0n) is 11.9. The van der Waals surface area contributed by atoms with Crippen molar-refractivity contribution in [3.8, 4) is 0 Å². The molecule has 0 heterocycles. The first-order valence-corrected chi connectivity index (χ1v) is 6.60. The Hall–Kier alpha value is 0. The van der Waals surface area contributed by atoms with E-state index in [1.165, 1.54) is 25.7 Å². The van der Waals surface area contributed by atoms with E-state index in [0.29, 0.717) is 16.2 Å². The maximum atomic E-state index is 2.44. The van der Waals surface area contributed by atoms with Gasteiger partial charge in [-0.25, -0.2) is 0 Å². The highest BCUT2D eigenvalue weighted by Crippen LogP contribution is 2.60. The van der Waals surface area contributed by atoms with Gasteiger partial charge in [0.2, 0.25) is 0 Å². The van der Waals surface area contributed by atoms with Crippen LogP contribution in [0.4, 0.5) is 0 Å². The van der Waals surface area contributed by atoms with Gasteiger partial charge in [-0.05, 0) is 35.0 Å². The molecule has 1 fully saturated rings. The van der Waals surface area contributed by atoms with E-state index in [1.54, 1.807) is 0 Å². The van der Waals surface area contributed by atoms with Crippen molar-refractivity contribution in [3.63, 3.8) is 0 Å². The van der Waals surface area contributed by atoms with E-state index in [4.69, 9.17) is 0 Å². The maximum absolute atomic E-state index is 2.44. The van der Waals surface area contributed by atoms with Gasteiger partial charge in [-0.2, -0.15) is 0 Å². The Balaban J connectivity index is 3.07. The Kier molecular flexibility index (Phi) is 3.30. The molecule has 0 aromatic rings. The normalized spacial score (nSPS) is 27.8. The molecule has 0 heteroatoms. The zero-order chi connectivity index (χ0) is 11.9. The Morgan fingerprint density at radius 1 is 0.933 bits per heavy atom. The molecule has 1 aliphatic carbocycles. The fraction of sp³-hybridized carbons (Fsp3) is 1.00. The summed E-state index contributed by atoms with van der Waals surface area (Å²) in [5, 5.41) is 0. The summed E-state index contributed by atoms with van der Waals surface area (Å²) in [5.41, 5.74) is 1.39. The quantitative estimate of drug-likeness (QED) is 0.510. The van der Waals surface area contributed by atoms with Crippen LogP contribution in [0.3, 0.4) is 0 Å². The molecule has 15 heavy (non-hydrogen) atoms. The van der Waals surface area contributed by atoms with Gasteiger partial charge in [0.25, 0.3) is 0 Å². The second kappa shape index (κ2) is 3.79. The number of hydrogen-bond acceptors (Lipinski definition) is 0. The van der Waals surface area contributed by atoms with Crippen LogP contribution in [0.1, 0.15) is 74.1 Å². The van der Waals surface area contributed by atoms with E-state index >= 15 is 0 Å². The third kappa shape index (κ3) is 2.24. The SMILES string of the molecule is CC1CCCC(C(C)(C)C)(C(C)(C)C)C1. The predicted molar refractivity (Wildman–Crippen MR) is 69.0 cm³/mol. The summed E-state index contributed by atoms with van der Waals surface area (Å²) in [6, 6.07) is 0. The van der Waals surface area contributed by atoms with Gasteiger partial charge < -0.3 is 0 Å². The molecule has 0 N–H and O–H groups in total. The lowest BCUT2D eigenvalue weighted by Gasteiger charge is -2.57. The lowest BCUT2D eigenvalue weighted by atomic mass is 9.48. The summed E-state index contributed by atoms with van der Waals surface area (Å²) in [5.74, 6) is 0.914. The maximum Gasteiger partial charge on any atom is -0.0198 e. The van der Waals surface area contributed by atoms with Crippen molar-refractivity contribution in [3.05, 3.63) is 0 Å². The highest BCUT2D eigenvalue weighted by molar-refractivity contribution is 5.00. The predicted octanol–water partition coefficient (Wildman–Crippen LogP) is 5.28. The summed E-state index contributed by atoms with van der Waals surface area (Å²) in [7, 11) is 0. The van der Waals surface area contributed by atoms with Crippen molar-refractivity contribution in [1.82, 2.24) is 0 Å². The van der Waals surface area contributed by atoms with Crippen LogP contribution < -0.4 is 0 Å². The molecule has 90 valence electrons.